The van der Waals surface area contributed by atoms with Crippen LogP contribution in [0.5, 0.6) is 0 Å². The van der Waals surface area contributed by atoms with Crippen molar-refractivity contribution < 1.29 is 9.84 Å². The minimum absolute atomic E-state index is 0. The maximum Gasteiger partial charge on any atom is 0.191 e. The summed E-state index contributed by atoms with van der Waals surface area (Å²) in [6.07, 6.45) is 1.02. The van der Waals surface area contributed by atoms with Gasteiger partial charge in [0.15, 0.2) is 11.8 Å². The number of nitrogens with zero attached hydrogens (tertiary/aromatic N) is 4. The van der Waals surface area contributed by atoms with Gasteiger partial charge >= 0.3 is 0 Å². The zero-order chi connectivity index (χ0) is 19.9. The predicted molar refractivity (Wildman–Crippen MR) is 124 cm³/mol. The summed E-state index contributed by atoms with van der Waals surface area (Å²) in [5.74, 6) is 2.36. The highest BCUT2D eigenvalue weighted by molar-refractivity contribution is 14.0. The lowest BCUT2D eigenvalue weighted by molar-refractivity contribution is 0.177. The van der Waals surface area contributed by atoms with Crippen molar-refractivity contribution in [2.45, 2.75) is 45.1 Å². The van der Waals surface area contributed by atoms with Crippen molar-refractivity contribution in [1.29, 1.82) is 0 Å². The van der Waals surface area contributed by atoms with Gasteiger partial charge in [0.1, 0.15) is 18.5 Å². The standard InChI is InChI=1S/C19H27ClN6O2.HI/c1-3-21-19(22-10-16(27)14-6-4-5-7-15(14)20)23-13-8-9-18-24-17(12-28-2)25-26(18)11-13;/h4-7,13,16,27H,3,8-12H2,1-2H3,(H2,21,22,23);1H. The Labute approximate surface area is 193 Å². The van der Waals surface area contributed by atoms with E-state index >= 15 is 0 Å². The number of hydrogen-bond donors (Lipinski definition) is 3. The van der Waals surface area contributed by atoms with Crippen LogP contribution in [0.15, 0.2) is 29.3 Å². The number of methoxy groups -OCH3 is 1. The Kier molecular flexibility index (Phi) is 9.60. The quantitative estimate of drug-likeness (QED) is 0.287. The Hall–Kier alpha value is -1.43. The van der Waals surface area contributed by atoms with Crippen molar-refractivity contribution in [2.24, 2.45) is 4.99 Å². The molecule has 3 N–H and O–H groups in total. The molecule has 8 nitrogen and oxygen atoms in total. The van der Waals surface area contributed by atoms with Crippen LogP contribution in [-0.2, 0) is 24.3 Å². The molecule has 0 aliphatic carbocycles. The minimum Gasteiger partial charge on any atom is -0.386 e. The number of rotatable bonds is 7. The largest absolute Gasteiger partial charge is 0.386 e. The number of aliphatic hydroxyl groups is 1. The first-order chi connectivity index (χ1) is 13.6. The van der Waals surface area contributed by atoms with Crippen molar-refractivity contribution in [2.75, 3.05) is 20.2 Å². The van der Waals surface area contributed by atoms with Crippen molar-refractivity contribution in [3.05, 3.63) is 46.5 Å². The number of aliphatic imine (C=N–C) groups is 1. The molecule has 2 unspecified atom stereocenters. The van der Waals surface area contributed by atoms with Crippen molar-refractivity contribution in [3.63, 3.8) is 0 Å². The van der Waals surface area contributed by atoms with E-state index in [1.807, 2.05) is 29.8 Å². The molecular weight excluding hydrogens is 507 g/mol. The highest BCUT2D eigenvalue weighted by atomic mass is 127. The number of nitrogens with one attached hydrogen (secondary N) is 2. The Balaban J connectivity index is 0.00000300. The zero-order valence-electron chi connectivity index (χ0n) is 16.6. The second-order valence-corrected chi connectivity index (χ2v) is 7.10. The smallest absolute Gasteiger partial charge is 0.191 e. The molecule has 2 heterocycles. The lowest BCUT2D eigenvalue weighted by Gasteiger charge is -2.25. The average molecular weight is 535 g/mol. The first kappa shape index (κ1) is 23.8. The number of ether oxygens (including phenoxy) is 1. The van der Waals surface area contributed by atoms with E-state index in [9.17, 15) is 5.11 Å². The third kappa shape index (κ3) is 6.53. The molecule has 2 aromatic rings. The van der Waals surface area contributed by atoms with E-state index in [-0.39, 0.29) is 36.6 Å². The third-order valence-electron chi connectivity index (χ3n) is 4.55. The van der Waals surface area contributed by atoms with E-state index < -0.39 is 6.10 Å². The molecule has 160 valence electrons. The highest BCUT2D eigenvalue weighted by Gasteiger charge is 2.22. The van der Waals surface area contributed by atoms with Crippen LogP contribution in [0.3, 0.4) is 0 Å². The number of aryl methyl sites for hydroxylation is 1. The molecule has 0 saturated heterocycles. The molecule has 1 aliphatic heterocycles. The lowest BCUT2D eigenvalue weighted by Crippen LogP contribution is -2.47. The second kappa shape index (κ2) is 11.7. The number of hydrogen-bond acceptors (Lipinski definition) is 5. The Morgan fingerprint density at radius 3 is 2.97 bits per heavy atom. The molecule has 0 amide bonds. The van der Waals surface area contributed by atoms with Gasteiger partial charge < -0.3 is 20.5 Å². The van der Waals surface area contributed by atoms with Gasteiger partial charge in [-0.25, -0.2) is 9.67 Å². The van der Waals surface area contributed by atoms with Gasteiger partial charge in [0, 0.05) is 36.7 Å². The Bertz CT molecular complexity index is 816. The molecule has 1 aromatic heterocycles. The van der Waals surface area contributed by atoms with Crippen LogP contribution in [0, 0.1) is 0 Å². The van der Waals surface area contributed by atoms with E-state index in [1.54, 1.807) is 13.2 Å². The van der Waals surface area contributed by atoms with Crippen LogP contribution in [0.2, 0.25) is 5.02 Å². The Morgan fingerprint density at radius 1 is 1.45 bits per heavy atom. The van der Waals surface area contributed by atoms with Crippen LogP contribution < -0.4 is 10.6 Å². The second-order valence-electron chi connectivity index (χ2n) is 6.70. The summed E-state index contributed by atoms with van der Waals surface area (Å²) in [6.45, 7) is 4.09. The number of halogens is 2. The van der Waals surface area contributed by atoms with Crippen LogP contribution in [0.1, 0.15) is 36.7 Å². The summed E-state index contributed by atoms with van der Waals surface area (Å²) in [4.78, 5) is 9.04. The monoisotopic (exact) mass is 534 g/mol. The van der Waals surface area contributed by atoms with Gasteiger partial charge in [0.05, 0.1) is 13.1 Å². The van der Waals surface area contributed by atoms with Gasteiger partial charge in [0.2, 0.25) is 0 Å². The topological polar surface area (TPSA) is 96.6 Å². The summed E-state index contributed by atoms with van der Waals surface area (Å²) in [7, 11) is 1.64. The molecule has 0 saturated carbocycles. The fourth-order valence-corrected chi connectivity index (χ4v) is 3.47. The number of aromatic nitrogens is 3. The van der Waals surface area contributed by atoms with Gasteiger partial charge in [-0.3, -0.25) is 4.99 Å². The maximum atomic E-state index is 10.4. The maximum absolute atomic E-state index is 10.4. The SMILES string of the molecule is CCNC(=NCC(O)c1ccccc1Cl)NC1CCc2nc(COC)nn2C1.I. The zero-order valence-corrected chi connectivity index (χ0v) is 19.7. The molecule has 2 atom stereocenters. The van der Waals surface area contributed by atoms with Crippen LogP contribution in [-0.4, -0.2) is 52.1 Å². The molecular formula is C19H28ClIN6O2. The molecule has 0 spiro atoms. The summed E-state index contributed by atoms with van der Waals surface area (Å²) in [5.41, 5.74) is 0.680. The summed E-state index contributed by atoms with van der Waals surface area (Å²) in [5, 5.41) is 22.1. The molecule has 10 heteroatoms. The number of fused-ring (bicyclic) bond motifs is 1. The number of guanidine groups is 1. The van der Waals surface area contributed by atoms with Gasteiger partial charge in [-0.2, -0.15) is 5.10 Å². The van der Waals surface area contributed by atoms with Crippen molar-refractivity contribution in [1.82, 2.24) is 25.4 Å². The third-order valence-corrected chi connectivity index (χ3v) is 4.89. The highest BCUT2D eigenvalue weighted by Crippen LogP contribution is 2.22. The van der Waals surface area contributed by atoms with E-state index in [0.29, 0.717) is 35.5 Å². The van der Waals surface area contributed by atoms with E-state index in [1.165, 1.54) is 0 Å². The molecule has 0 bridgehead atoms. The van der Waals surface area contributed by atoms with E-state index in [2.05, 4.69) is 25.7 Å². The van der Waals surface area contributed by atoms with Gasteiger partial charge in [0.25, 0.3) is 0 Å². The molecule has 0 fully saturated rings. The first-order valence-electron chi connectivity index (χ1n) is 9.49. The van der Waals surface area contributed by atoms with Crippen LogP contribution in [0.4, 0.5) is 0 Å². The summed E-state index contributed by atoms with van der Waals surface area (Å²) >= 11 is 6.16. The molecule has 29 heavy (non-hydrogen) atoms. The molecule has 1 aromatic carbocycles. The average Bonchev–Trinajstić information content (AvgIpc) is 3.08. The number of benzene rings is 1. The molecule has 0 radical (unpaired) electrons. The van der Waals surface area contributed by atoms with Gasteiger partial charge in [-0.15, -0.1) is 24.0 Å². The number of aliphatic hydroxyl groups excluding tert-OH is 1. The van der Waals surface area contributed by atoms with E-state index in [4.69, 9.17) is 16.3 Å². The predicted octanol–water partition coefficient (Wildman–Crippen LogP) is 2.30. The lowest BCUT2D eigenvalue weighted by atomic mass is 10.1. The van der Waals surface area contributed by atoms with Crippen LogP contribution in [0.25, 0.3) is 0 Å². The summed E-state index contributed by atoms with van der Waals surface area (Å²) < 4.78 is 7.04. The molecule has 1 aliphatic rings. The first-order valence-corrected chi connectivity index (χ1v) is 9.87. The van der Waals surface area contributed by atoms with Crippen molar-refractivity contribution in [3.8, 4) is 0 Å². The normalized spacial score (nSPS) is 17.2. The van der Waals surface area contributed by atoms with Crippen LogP contribution >= 0.6 is 35.6 Å². The van der Waals surface area contributed by atoms with E-state index in [0.717, 1.165) is 25.2 Å². The summed E-state index contributed by atoms with van der Waals surface area (Å²) in [6, 6.07) is 7.46. The minimum atomic E-state index is -0.756. The van der Waals surface area contributed by atoms with Gasteiger partial charge in [-0.05, 0) is 19.4 Å². The van der Waals surface area contributed by atoms with Crippen molar-refractivity contribution >= 4 is 41.5 Å². The fourth-order valence-electron chi connectivity index (χ4n) is 3.20. The van der Waals surface area contributed by atoms with Gasteiger partial charge in [-0.1, -0.05) is 29.8 Å². The fraction of sp³-hybridized carbons (Fsp3) is 0.526. The Morgan fingerprint density at radius 2 is 2.24 bits per heavy atom. The molecule has 3 rings (SSSR count).